The van der Waals surface area contributed by atoms with Gasteiger partial charge in [-0.25, -0.2) is 4.79 Å². The molecule has 0 saturated heterocycles. The molecule has 0 unspecified atom stereocenters. The molecule has 0 spiro atoms. The van der Waals surface area contributed by atoms with E-state index in [-0.39, 0.29) is 5.69 Å². The molecule has 0 saturated carbocycles. The molecule has 0 amide bonds. The number of aryl methyl sites for hydroxylation is 1. The van der Waals surface area contributed by atoms with Crippen LogP contribution in [0.2, 0.25) is 0 Å². The quantitative estimate of drug-likeness (QED) is 0.772. The van der Waals surface area contributed by atoms with E-state index in [9.17, 15) is 4.79 Å². The standard InChI is InChI=1S/C15H13BrN2O/c1-10-4-2-5-11(8-10)9-18-14-12(16)6-3-7-13(14)17-15(18)19/h2-8H,9H2,1H3,(H,17,19). The molecule has 0 aliphatic carbocycles. The molecule has 3 rings (SSSR count). The van der Waals surface area contributed by atoms with E-state index in [0.717, 1.165) is 21.1 Å². The second kappa shape index (κ2) is 4.70. The topological polar surface area (TPSA) is 37.8 Å². The second-order valence-corrected chi connectivity index (χ2v) is 5.50. The molecule has 0 radical (unpaired) electrons. The Hall–Kier alpha value is -1.81. The molecule has 3 aromatic rings. The fourth-order valence-corrected chi connectivity index (χ4v) is 2.90. The van der Waals surface area contributed by atoms with Gasteiger partial charge in [-0.2, -0.15) is 0 Å². The predicted octanol–water partition coefficient (Wildman–Crippen LogP) is 3.45. The maximum absolute atomic E-state index is 12.1. The number of halogens is 1. The molecule has 1 aromatic heterocycles. The highest BCUT2D eigenvalue weighted by atomic mass is 79.9. The molecule has 0 atom stereocenters. The molecule has 0 aliphatic rings. The number of hydrogen-bond donors (Lipinski definition) is 1. The van der Waals surface area contributed by atoms with Crippen molar-refractivity contribution in [2.24, 2.45) is 0 Å². The average molecular weight is 317 g/mol. The third-order valence-electron chi connectivity index (χ3n) is 3.17. The monoisotopic (exact) mass is 316 g/mol. The number of aromatic amines is 1. The number of benzene rings is 2. The van der Waals surface area contributed by atoms with Crippen molar-refractivity contribution in [1.82, 2.24) is 9.55 Å². The summed E-state index contributed by atoms with van der Waals surface area (Å²) in [5.41, 5.74) is 4.01. The van der Waals surface area contributed by atoms with Gasteiger partial charge in [-0.1, -0.05) is 35.9 Å². The SMILES string of the molecule is Cc1cccc(Cn2c(=O)[nH]c3cccc(Br)c32)c1. The fraction of sp³-hybridized carbons (Fsp3) is 0.133. The van der Waals surface area contributed by atoms with Gasteiger partial charge in [-0.3, -0.25) is 4.57 Å². The van der Waals surface area contributed by atoms with Crippen molar-refractivity contribution in [2.75, 3.05) is 0 Å². The van der Waals surface area contributed by atoms with E-state index < -0.39 is 0 Å². The minimum absolute atomic E-state index is 0.0802. The van der Waals surface area contributed by atoms with E-state index in [1.165, 1.54) is 5.56 Å². The first-order chi connectivity index (χ1) is 9.15. The summed E-state index contributed by atoms with van der Waals surface area (Å²) in [7, 11) is 0. The van der Waals surface area contributed by atoms with Crippen molar-refractivity contribution >= 4 is 27.0 Å². The Bertz CT molecular complexity index is 801. The van der Waals surface area contributed by atoms with Crippen molar-refractivity contribution in [3.05, 3.63) is 68.5 Å². The first kappa shape index (κ1) is 12.2. The molecule has 19 heavy (non-hydrogen) atoms. The molecule has 0 fully saturated rings. The van der Waals surface area contributed by atoms with Crippen LogP contribution in [-0.4, -0.2) is 9.55 Å². The van der Waals surface area contributed by atoms with Crippen LogP contribution < -0.4 is 5.69 Å². The Balaban J connectivity index is 2.15. The molecule has 2 aromatic carbocycles. The van der Waals surface area contributed by atoms with Gasteiger partial charge < -0.3 is 4.98 Å². The lowest BCUT2D eigenvalue weighted by molar-refractivity contribution is 0.785. The van der Waals surface area contributed by atoms with Crippen LogP contribution >= 0.6 is 15.9 Å². The van der Waals surface area contributed by atoms with Crippen LogP contribution in [0.5, 0.6) is 0 Å². The molecule has 1 N–H and O–H groups in total. The number of hydrogen-bond acceptors (Lipinski definition) is 1. The number of fused-ring (bicyclic) bond motifs is 1. The van der Waals surface area contributed by atoms with Crippen molar-refractivity contribution < 1.29 is 0 Å². The first-order valence-electron chi connectivity index (χ1n) is 6.08. The van der Waals surface area contributed by atoms with Crippen LogP contribution in [0.25, 0.3) is 11.0 Å². The largest absolute Gasteiger partial charge is 0.326 e. The Morgan fingerprint density at radius 2 is 2.00 bits per heavy atom. The van der Waals surface area contributed by atoms with Gasteiger partial charge in [0, 0.05) is 4.47 Å². The molecular formula is C15H13BrN2O. The number of aromatic nitrogens is 2. The van der Waals surface area contributed by atoms with Gasteiger partial charge in [0.1, 0.15) is 0 Å². The van der Waals surface area contributed by atoms with Crippen LogP contribution in [0, 0.1) is 6.92 Å². The lowest BCUT2D eigenvalue weighted by Crippen LogP contribution is -2.17. The Morgan fingerprint density at radius 3 is 2.79 bits per heavy atom. The number of rotatable bonds is 2. The lowest BCUT2D eigenvalue weighted by Gasteiger charge is -2.06. The van der Waals surface area contributed by atoms with Gasteiger partial charge in [0.25, 0.3) is 0 Å². The fourth-order valence-electron chi connectivity index (χ4n) is 2.32. The van der Waals surface area contributed by atoms with Gasteiger partial charge in [0.15, 0.2) is 0 Å². The van der Waals surface area contributed by atoms with Crippen molar-refractivity contribution in [1.29, 1.82) is 0 Å². The van der Waals surface area contributed by atoms with Crippen molar-refractivity contribution in [3.63, 3.8) is 0 Å². The zero-order chi connectivity index (χ0) is 13.4. The summed E-state index contributed by atoms with van der Waals surface area (Å²) in [4.78, 5) is 14.9. The number of nitrogens with one attached hydrogen (secondary N) is 1. The minimum atomic E-state index is -0.0802. The van der Waals surface area contributed by atoms with Crippen LogP contribution in [0.15, 0.2) is 51.7 Å². The average Bonchev–Trinajstić information content (AvgIpc) is 2.67. The summed E-state index contributed by atoms with van der Waals surface area (Å²) < 4.78 is 2.68. The summed E-state index contributed by atoms with van der Waals surface area (Å²) in [5, 5.41) is 0. The molecular weight excluding hydrogens is 304 g/mol. The van der Waals surface area contributed by atoms with E-state index in [4.69, 9.17) is 0 Å². The van der Waals surface area contributed by atoms with E-state index in [2.05, 4.69) is 40.0 Å². The zero-order valence-corrected chi connectivity index (χ0v) is 12.1. The highest BCUT2D eigenvalue weighted by Gasteiger charge is 2.09. The molecule has 0 bridgehead atoms. The van der Waals surface area contributed by atoms with Crippen molar-refractivity contribution in [3.8, 4) is 0 Å². The second-order valence-electron chi connectivity index (χ2n) is 4.64. The summed E-state index contributed by atoms with van der Waals surface area (Å²) in [6, 6.07) is 14.0. The smallest absolute Gasteiger partial charge is 0.305 e. The van der Waals surface area contributed by atoms with Gasteiger partial charge in [0.05, 0.1) is 17.6 Å². The van der Waals surface area contributed by atoms with Crippen LogP contribution in [0.4, 0.5) is 0 Å². The van der Waals surface area contributed by atoms with Gasteiger partial charge in [-0.15, -0.1) is 0 Å². The van der Waals surface area contributed by atoms with Gasteiger partial charge >= 0.3 is 5.69 Å². The third kappa shape index (κ3) is 2.24. The van der Waals surface area contributed by atoms with E-state index in [1.54, 1.807) is 4.57 Å². The normalized spacial score (nSPS) is 11.1. The molecule has 0 aliphatic heterocycles. The van der Waals surface area contributed by atoms with E-state index in [0.29, 0.717) is 6.54 Å². The Morgan fingerprint density at radius 1 is 1.21 bits per heavy atom. The van der Waals surface area contributed by atoms with Gasteiger partial charge in [-0.05, 0) is 40.5 Å². The summed E-state index contributed by atoms with van der Waals surface area (Å²) in [6.07, 6.45) is 0. The zero-order valence-electron chi connectivity index (χ0n) is 10.5. The predicted molar refractivity (Wildman–Crippen MR) is 80.5 cm³/mol. The number of imidazole rings is 1. The number of para-hydroxylation sites is 1. The number of nitrogens with zero attached hydrogens (tertiary/aromatic N) is 1. The van der Waals surface area contributed by atoms with Crippen LogP contribution in [0.3, 0.4) is 0 Å². The van der Waals surface area contributed by atoms with E-state index in [1.807, 2.05) is 30.3 Å². The number of H-pyrrole nitrogens is 1. The summed E-state index contributed by atoms with van der Waals surface area (Å²) >= 11 is 3.51. The molecule has 1 heterocycles. The van der Waals surface area contributed by atoms with Crippen LogP contribution in [-0.2, 0) is 6.54 Å². The lowest BCUT2D eigenvalue weighted by atomic mass is 10.1. The Labute approximate surface area is 119 Å². The van der Waals surface area contributed by atoms with Crippen LogP contribution in [0.1, 0.15) is 11.1 Å². The highest BCUT2D eigenvalue weighted by molar-refractivity contribution is 9.10. The Kier molecular flexibility index (Phi) is 3.03. The maximum atomic E-state index is 12.1. The molecule has 3 nitrogen and oxygen atoms in total. The van der Waals surface area contributed by atoms with Crippen molar-refractivity contribution in [2.45, 2.75) is 13.5 Å². The highest BCUT2D eigenvalue weighted by Crippen LogP contribution is 2.22. The van der Waals surface area contributed by atoms with E-state index >= 15 is 0 Å². The molecule has 4 heteroatoms. The summed E-state index contributed by atoms with van der Waals surface area (Å²) in [5.74, 6) is 0. The maximum Gasteiger partial charge on any atom is 0.326 e. The minimum Gasteiger partial charge on any atom is -0.305 e. The third-order valence-corrected chi connectivity index (χ3v) is 3.81. The first-order valence-corrected chi connectivity index (χ1v) is 6.87. The summed E-state index contributed by atoms with van der Waals surface area (Å²) in [6.45, 7) is 2.63. The van der Waals surface area contributed by atoms with Gasteiger partial charge in [0.2, 0.25) is 0 Å². The molecule has 96 valence electrons.